The fraction of sp³-hybridized carbons (Fsp3) is 0.577. The number of anilines is 1. The van der Waals surface area contributed by atoms with Crippen LogP contribution in [0.25, 0.3) is 11.5 Å². The van der Waals surface area contributed by atoms with Crippen molar-refractivity contribution in [2.24, 2.45) is 18.9 Å². The average molecular weight is 579 g/mol. The van der Waals surface area contributed by atoms with E-state index in [0.717, 1.165) is 36.9 Å². The molecule has 0 saturated carbocycles. The average Bonchev–Trinajstić information content (AvgIpc) is 3.49. The molecular formula is C26H35ClN6O3S2. The third-order valence-electron chi connectivity index (χ3n) is 6.64. The van der Waals surface area contributed by atoms with Crippen molar-refractivity contribution in [2.75, 3.05) is 17.7 Å². The largest absolute Gasteiger partial charge is 0.462 e. The molecule has 1 aliphatic rings. The molecule has 3 heterocycles. The number of thioether (sulfide) groups is 1. The second-order valence-electron chi connectivity index (χ2n) is 9.96. The highest BCUT2D eigenvalue weighted by atomic mass is 35.5. The minimum absolute atomic E-state index is 0.122. The molecular weight excluding hydrogens is 544 g/mol. The third kappa shape index (κ3) is 5.94. The minimum Gasteiger partial charge on any atom is -0.462 e. The van der Waals surface area contributed by atoms with Crippen LogP contribution in [0.2, 0.25) is 5.02 Å². The number of fused-ring (bicyclic) bond motifs is 1. The van der Waals surface area contributed by atoms with Crippen LogP contribution in [0.5, 0.6) is 0 Å². The number of esters is 1. The van der Waals surface area contributed by atoms with Gasteiger partial charge < -0.3 is 14.6 Å². The van der Waals surface area contributed by atoms with Gasteiger partial charge in [0, 0.05) is 18.5 Å². The first-order valence-corrected chi connectivity index (χ1v) is 15.2. The maximum absolute atomic E-state index is 13.1. The van der Waals surface area contributed by atoms with Gasteiger partial charge >= 0.3 is 5.97 Å². The lowest BCUT2D eigenvalue weighted by Crippen LogP contribution is -2.18. The first-order valence-electron chi connectivity index (χ1n) is 13.0. The van der Waals surface area contributed by atoms with Crippen LogP contribution < -0.4 is 5.32 Å². The Balaban J connectivity index is 1.55. The zero-order valence-electron chi connectivity index (χ0n) is 22.8. The molecule has 1 aliphatic carbocycles. The quantitative estimate of drug-likeness (QED) is 0.240. The number of aryl methyl sites for hydroxylation is 2. The van der Waals surface area contributed by atoms with E-state index in [1.54, 1.807) is 11.6 Å². The number of rotatable bonds is 10. The van der Waals surface area contributed by atoms with E-state index >= 15 is 0 Å². The lowest BCUT2D eigenvalue weighted by Gasteiger charge is -2.20. The number of halogens is 1. The second-order valence-corrected chi connectivity index (χ2v) is 12.4. The van der Waals surface area contributed by atoms with E-state index in [9.17, 15) is 9.59 Å². The number of amides is 1. The Morgan fingerprint density at radius 2 is 2.05 bits per heavy atom. The number of nitrogens with zero attached hydrogens (tertiary/aromatic N) is 5. The van der Waals surface area contributed by atoms with E-state index in [2.05, 4.69) is 41.4 Å². The van der Waals surface area contributed by atoms with Gasteiger partial charge in [-0.25, -0.2) is 4.79 Å². The molecule has 0 radical (unpaired) electrons. The molecule has 0 spiro atoms. The van der Waals surface area contributed by atoms with E-state index in [0.29, 0.717) is 57.2 Å². The Hall–Kier alpha value is -2.37. The summed E-state index contributed by atoms with van der Waals surface area (Å²) in [6.07, 6.45) is 3.92. The van der Waals surface area contributed by atoms with Crippen molar-refractivity contribution in [3.05, 3.63) is 26.7 Å². The number of ether oxygens (including phenoxy) is 1. The van der Waals surface area contributed by atoms with Crippen LogP contribution in [0, 0.1) is 18.8 Å². The summed E-state index contributed by atoms with van der Waals surface area (Å²) < 4.78 is 9.04. The van der Waals surface area contributed by atoms with E-state index in [1.165, 1.54) is 28.0 Å². The summed E-state index contributed by atoms with van der Waals surface area (Å²) in [6, 6.07) is 0. The van der Waals surface area contributed by atoms with Crippen LogP contribution in [0.3, 0.4) is 0 Å². The van der Waals surface area contributed by atoms with Crippen LogP contribution >= 0.6 is 34.7 Å². The highest BCUT2D eigenvalue weighted by molar-refractivity contribution is 7.99. The van der Waals surface area contributed by atoms with Crippen LogP contribution in [0.1, 0.15) is 67.0 Å². The van der Waals surface area contributed by atoms with Gasteiger partial charge in [-0.15, -0.1) is 21.5 Å². The van der Waals surface area contributed by atoms with Gasteiger partial charge in [0.15, 0.2) is 11.0 Å². The first-order chi connectivity index (χ1) is 18.1. The number of carbonyl (C=O) groups is 2. The SMILES string of the molecule is CCOC(=O)c1c(NC(=O)CSc2nnc(-c3c(Cl)c(C)nn3C)n2CC(C)C)sc2c1CCC(CC)C2. The summed E-state index contributed by atoms with van der Waals surface area (Å²) in [5.74, 6) is 1.09. The van der Waals surface area contributed by atoms with Gasteiger partial charge in [0.2, 0.25) is 5.91 Å². The van der Waals surface area contributed by atoms with Crippen molar-refractivity contribution >= 4 is 51.6 Å². The maximum Gasteiger partial charge on any atom is 0.341 e. The van der Waals surface area contributed by atoms with Gasteiger partial charge in [0.1, 0.15) is 10.7 Å². The molecule has 4 rings (SSSR count). The molecule has 3 aromatic heterocycles. The number of hydrogen-bond acceptors (Lipinski definition) is 8. The fourth-order valence-electron chi connectivity index (χ4n) is 4.78. The van der Waals surface area contributed by atoms with Gasteiger partial charge in [-0.3, -0.25) is 9.48 Å². The predicted molar refractivity (Wildman–Crippen MR) is 152 cm³/mol. The van der Waals surface area contributed by atoms with Crippen molar-refractivity contribution in [1.29, 1.82) is 0 Å². The molecule has 1 atom stereocenters. The standard InChI is InChI=1S/C26H35ClN6O3S2/c1-7-16-9-10-17-18(11-16)38-24(20(17)25(35)36-8-2)28-19(34)13-37-26-30-29-23(33(26)12-14(3)4)22-21(27)15(5)31-32(22)6/h14,16H,7-13H2,1-6H3,(H,28,34). The Morgan fingerprint density at radius 1 is 1.29 bits per heavy atom. The maximum atomic E-state index is 13.1. The molecule has 12 heteroatoms. The van der Waals surface area contributed by atoms with E-state index < -0.39 is 0 Å². The van der Waals surface area contributed by atoms with Crippen molar-refractivity contribution in [1.82, 2.24) is 24.5 Å². The second kappa shape index (κ2) is 12.2. The molecule has 0 aromatic carbocycles. The molecule has 0 bridgehead atoms. The molecule has 0 aliphatic heterocycles. The third-order valence-corrected chi connectivity index (χ3v) is 9.22. The number of carbonyl (C=O) groups excluding carboxylic acids is 2. The van der Waals surface area contributed by atoms with Crippen LogP contribution in [0.15, 0.2) is 5.16 Å². The molecule has 0 saturated heterocycles. The summed E-state index contributed by atoms with van der Waals surface area (Å²) in [4.78, 5) is 27.1. The molecule has 1 unspecified atom stereocenters. The Morgan fingerprint density at radius 3 is 2.68 bits per heavy atom. The van der Waals surface area contributed by atoms with Gasteiger partial charge in [0.25, 0.3) is 0 Å². The van der Waals surface area contributed by atoms with Crippen LogP contribution in [0.4, 0.5) is 5.00 Å². The zero-order valence-corrected chi connectivity index (χ0v) is 25.1. The molecule has 1 N–H and O–H groups in total. The van der Waals surface area contributed by atoms with Crippen molar-refractivity contribution in [2.45, 2.75) is 72.0 Å². The van der Waals surface area contributed by atoms with Gasteiger partial charge in [-0.2, -0.15) is 5.10 Å². The molecule has 1 amide bonds. The van der Waals surface area contributed by atoms with E-state index in [4.69, 9.17) is 16.3 Å². The fourth-order valence-corrected chi connectivity index (χ4v) is 7.14. The zero-order chi connectivity index (χ0) is 27.6. The van der Waals surface area contributed by atoms with Crippen LogP contribution in [-0.2, 0) is 36.0 Å². The Kier molecular flexibility index (Phi) is 9.20. The van der Waals surface area contributed by atoms with Crippen molar-refractivity contribution < 1.29 is 14.3 Å². The number of aromatic nitrogens is 5. The summed E-state index contributed by atoms with van der Waals surface area (Å²) in [6.45, 7) is 11.0. The first kappa shape index (κ1) is 28.6. The molecule has 38 heavy (non-hydrogen) atoms. The van der Waals surface area contributed by atoms with Gasteiger partial charge in [-0.05, 0) is 50.5 Å². The highest BCUT2D eigenvalue weighted by Crippen LogP contribution is 2.41. The molecule has 3 aromatic rings. The molecule has 0 fully saturated rings. The summed E-state index contributed by atoms with van der Waals surface area (Å²) in [7, 11) is 1.83. The topological polar surface area (TPSA) is 104 Å². The monoisotopic (exact) mass is 578 g/mol. The lowest BCUT2D eigenvalue weighted by atomic mass is 9.85. The Bertz CT molecular complexity index is 1330. The summed E-state index contributed by atoms with van der Waals surface area (Å²) in [5.41, 5.74) is 2.97. The predicted octanol–water partition coefficient (Wildman–Crippen LogP) is 5.78. The number of thiophene rings is 1. The minimum atomic E-state index is -0.368. The Labute approximate surface area is 236 Å². The van der Waals surface area contributed by atoms with Gasteiger partial charge in [0.05, 0.1) is 28.6 Å². The van der Waals surface area contributed by atoms with E-state index in [-0.39, 0.29) is 17.6 Å². The summed E-state index contributed by atoms with van der Waals surface area (Å²) >= 11 is 9.35. The van der Waals surface area contributed by atoms with Crippen molar-refractivity contribution in [3.63, 3.8) is 0 Å². The van der Waals surface area contributed by atoms with Crippen molar-refractivity contribution in [3.8, 4) is 11.5 Å². The number of nitrogens with one attached hydrogen (secondary N) is 1. The number of hydrogen-bond donors (Lipinski definition) is 1. The van der Waals surface area contributed by atoms with E-state index in [1.807, 2.05) is 18.5 Å². The normalized spacial score (nSPS) is 15.1. The molecule has 206 valence electrons. The lowest BCUT2D eigenvalue weighted by molar-refractivity contribution is -0.113. The smallest absolute Gasteiger partial charge is 0.341 e. The van der Waals surface area contributed by atoms with Gasteiger partial charge in [-0.1, -0.05) is 50.6 Å². The molecule has 9 nitrogen and oxygen atoms in total. The summed E-state index contributed by atoms with van der Waals surface area (Å²) in [5, 5.41) is 17.9. The highest BCUT2D eigenvalue weighted by Gasteiger charge is 2.30. The van der Waals surface area contributed by atoms with Crippen LogP contribution in [-0.4, -0.2) is 48.8 Å².